The van der Waals surface area contributed by atoms with Crippen LogP contribution < -0.4 is 9.64 Å². The van der Waals surface area contributed by atoms with Crippen molar-refractivity contribution in [2.75, 3.05) is 50.6 Å². The summed E-state index contributed by atoms with van der Waals surface area (Å²) in [4.78, 5) is 30.5. The van der Waals surface area contributed by atoms with Crippen LogP contribution in [0.5, 0.6) is 5.75 Å². The highest BCUT2D eigenvalue weighted by atomic mass is 79.9. The van der Waals surface area contributed by atoms with Gasteiger partial charge in [0.05, 0.1) is 25.3 Å². The minimum Gasteiger partial charge on any atom is -0.487 e. The molecule has 0 radical (unpaired) electrons. The highest BCUT2D eigenvalue weighted by molar-refractivity contribution is 9.09. The minimum atomic E-state index is -2.16. The zero-order valence-corrected chi connectivity index (χ0v) is 29.2. The zero-order valence-electron chi connectivity index (χ0n) is 26.9. The van der Waals surface area contributed by atoms with Crippen LogP contribution in [-0.4, -0.2) is 73.7 Å². The third kappa shape index (κ3) is 8.09. The predicted molar refractivity (Wildman–Crippen MR) is 184 cm³/mol. The molecule has 8 nitrogen and oxygen atoms in total. The number of carbonyl (C=O) groups excluding carboxylic acids is 2. The maximum Gasteiger partial charge on any atom is 0.343 e. The molecule has 2 heterocycles. The van der Waals surface area contributed by atoms with Crippen LogP contribution in [0.25, 0.3) is 0 Å². The average molecular weight is 718 g/mol. The van der Waals surface area contributed by atoms with Crippen molar-refractivity contribution >= 4 is 45.1 Å². The van der Waals surface area contributed by atoms with Crippen LogP contribution in [0, 0.1) is 11.8 Å². The van der Waals surface area contributed by atoms with Crippen molar-refractivity contribution in [3.8, 4) is 5.75 Å². The lowest BCUT2D eigenvalue weighted by molar-refractivity contribution is -0.168. The Morgan fingerprint density at radius 3 is 2.76 bits per heavy atom. The topological polar surface area (TPSA) is 88.5 Å². The van der Waals surface area contributed by atoms with Crippen molar-refractivity contribution in [2.45, 2.75) is 69.7 Å². The highest BCUT2D eigenvalue weighted by Gasteiger charge is 2.43. The number of alkyl halides is 1. The number of anilines is 1. The fourth-order valence-corrected chi connectivity index (χ4v) is 7.19. The minimum absolute atomic E-state index is 0.00126. The summed E-state index contributed by atoms with van der Waals surface area (Å²) in [6, 6.07) is 11.2. The number of carbonyl (C=O) groups is 2. The van der Waals surface area contributed by atoms with E-state index in [0.717, 1.165) is 68.2 Å². The number of methoxy groups -OCH3 is 1. The average Bonchev–Trinajstić information content (AvgIpc) is 3.07. The van der Waals surface area contributed by atoms with E-state index in [2.05, 4.69) is 33.0 Å². The first kappa shape index (κ1) is 34.7. The molecule has 10 heteroatoms. The summed E-state index contributed by atoms with van der Waals surface area (Å²) >= 11 is 9.89. The van der Waals surface area contributed by atoms with E-state index in [1.807, 2.05) is 30.3 Å². The number of ether oxygens (including phenoxy) is 3. The molecule has 1 N–H and O–H groups in total. The van der Waals surface area contributed by atoms with Crippen molar-refractivity contribution in [1.82, 2.24) is 4.90 Å². The van der Waals surface area contributed by atoms with Crippen molar-refractivity contribution in [2.24, 2.45) is 11.8 Å². The summed E-state index contributed by atoms with van der Waals surface area (Å²) in [5.41, 5.74) is 1.21. The van der Waals surface area contributed by atoms with Crippen molar-refractivity contribution in [3.05, 3.63) is 70.3 Å². The molecule has 2 bridgehead atoms. The van der Waals surface area contributed by atoms with Gasteiger partial charge in [0, 0.05) is 43.6 Å². The number of benzene rings is 2. The lowest BCUT2D eigenvalue weighted by Crippen LogP contribution is -2.45. The molecule has 1 saturated carbocycles. The molecule has 0 aromatic heterocycles. The van der Waals surface area contributed by atoms with Gasteiger partial charge in [0.1, 0.15) is 12.4 Å². The smallest absolute Gasteiger partial charge is 0.343 e. The lowest BCUT2D eigenvalue weighted by Gasteiger charge is -2.44. The monoisotopic (exact) mass is 716 g/mol. The second kappa shape index (κ2) is 16.0. The quantitative estimate of drug-likeness (QED) is 0.165. The Hall–Kier alpha value is -2.59. The fourth-order valence-electron chi connectivity index (χ4n) is 6.77. The molecule has 0 unspecified atom stereocenters. The zero-order chi connectivity index (χ0) is 32.7. The molecule has 1 amide bonds. The van der Waals surface area contributed by atoms with Crippen LogP contribution >= 0.6 is 27.5 Å². The molecule has 1 aliphatic carbocycles. The number of aryl methyl sites for hydroxylation is 1. The third-order valence-electron chi connectivity index (χ3n) is 9.71. The van der Waals surface area contributed by atoms with Gasteiger partial charge in [-0.3, -0.25) is 4.79 Å². The molecule has 2 aromatic rings. The molecule has 250 valence electrons. The van der Waals surface area contributed by atoms with Crippen LogP contribution in [0.4, 0.5) is 5.69 Å². The van der Waals surface area contributed by atoms with Gasteiger partial charge in [0.25, 0.3) is 0 Å². The van der Waals surface area contributed by atoms with Crippen LogP contribution in [0.2, 0.25) is 5.02 Å². The number of esters is 1. The number of rotatable bonds is 5. The molecule has 2 aliphatic heterocycles. The normalized spacial score (nSPS) is 26.5. The number of aliphatic hydroxyl groups is 1. The summed E-state index contributed by atoms with van der Waals surface area (Å²) in [5, 5.41) is 13.5. The molecular formula is C36H46BrClN2O6. The van der Waals surface area contributed by atoms with Crippen LogP contribution in [0.15, 0.2) is 48.6 Å². The number of fused-ring (bicyclic) bond motifs is 3. The van der Waals surface area contributed by atoms with Gasteiger partial charge in [-0.15, -0.1) is 0 Å². The predicted octanol–water partition coefficient (Wildman–Crippen LogP) is 6.43. The van der Waals surface area contributed by atoms with Crippen LogP contribution in [0.1, 0.15) is 61.6 Å². The SMILES string of the molecule is COC(=O)[C@@]1(O)CC(=O)N(C)CC/C=C/[C@H](OCCCBr)[C@@H]2CC[C@H]2CN2CCCCc3cc(Cl)ccc3COc3ccc1cc32. The third-order valence-corrected chi connectivity index (χ3v) is 10.5. The molecule has 2 aromatic carbocycles. The summed E-state index contributed by atoms with van der Waals surface area (Å²) in [5.74, 6) is 0.199. The molecular weight excluding hydrogens is 672 g/mol. The number of halogens is 2. The second-order valence-electron chi connectivity index (χ2n) is 12.7. The first-order chi connectivity index (χ1) is 22.2. The van der Waals surface area contributed by atoms with Gasteiger partial charge in [0.2, 0.25) is 5.91 Å². The Morgan fingerprint density at radius 2 is 2.00 bits per heavy atom. The van der Waals surface area contributed by atoms with Crippen molar-refractivity contribution < 1.29 is 28.9 Å². The van der Waals surface area contributed by atoms with E-state index in [-0.39, 0.29) is 12.0 Å². The Kier molecular flexibility index (Phi) is 12.1. The summed E-state index contributed by atoms with van der Waals surface area (Å²) in [6.07, 6.45) is 10.4. The molecule has 3 aliphatic rings. The first-order valence-electron chi connectivity index (χ1n) is 16.4. The van der Waals surface area contributed by atoms with Gasteiger partial charge >= 0.3 is 5.97 Å². The fraction of sp³-hybridized carbons (Fsp3) is 0.556. The highest BCUT2D eigenvalue weighted by Crippen LogP contribution is 2.43. The standard InChI is InChI=1S/C36H46BrClN2O6/c1-39-17-5-4-9-32(45-19-7-16-37)30-14-11-26(30)23-40-18-6-3-8-25-20-29(38)13-10-27(25)24-46-33-15-12-28(21-31(33)40)36(43,22-34(39)41)35(42)44-2/h4,9-10,12-13,15,20-21,26,30,32,43H,3,5-8,11,14,16-19,22-24H2,1-2H3/b9-4+/t26-,30+,32-,36+/m0/s1. The van der Waals surface area contributed by atoms with Crippen molar-refractivity contribution in [3.63, 3.8) is 0 Å². The van der Waals surface area contributed by atoms with Crippen LogP contribution in [0.3, 0.4) is 0 Å². The molecule has 1 fully saturated rings. The van der Waals surface area contributed by atoms with E-state index in [0.29, 0.717) is 54.4 Å². The molecule has 4 atom stereocenters. The molecule has 5 rings (SSSR count). The lowest BCUT2D eigenvalue weighted by atomic mass is 9.70. The molecule has 0 saturated heterocycles. The van der Waals surface area contributed by atoms with E-state index in [9.17, 15) is 14.7 Å². The van der Waals surface area contributed by atoms with Gasteiger partial charge in [-0.1, -0.05) is 51.8 Å². The first-order valence-corrected chi connectivity index (χ1v) is 17.9. The van der Waals surface area contributed by atoms with E-state index < -0.39 is 18.0 Å². The summed E-state index contributed by atoms with van der Waals surface area (Å²) < 4.78 is 18.0. The van der Waals surface area contributed by atoms with Crippen molar-refractivity contribution in [1.29, 1.82) is 0 Å². The van der Waals surface area contributed by atoms with E-state index >= 15 is 0 Å². The number of hydrogen-bond acceptors (Lipinski definition) is 7. The van der Waals surface area contributed by atoms with Gasteiger partial charge in [-0.05, 0) is 97.7 Å². The van der Waals surface area contributed by atoms with E-state index in [1.54, 1.807) is 18.0 Å². The Morgan fingerprint density at radius 1 is 1.15 bits per heavy atom. The number of nitrogens with zero attached hydrogens (tertiary/aromatic N) is 2. The maximum absolute atomic E-state index is 13.4. The summed E-state index contributed by atoms with van der Waals surface area (Å²) in [7, 11) is 2.93. The van der Waals surface area contributed by atoms with Crippen LogP contribution in [-0.2, 0) is 37.7 Å². The Labute approximate surface area is 286 Å². The van der Waals surface area contributed by atoms with E-state index in [4.69, 9.17) is 25.8 Å². The van der Waals surface area contributed by atoms with Gasteiger partial charge in [-0.25, -0.2) is 4.79 Å². The maximum atomic E-state index is 13.4. The Bertz CT molecular complexity index is 1400. The number of amides is 1. The summed E-state index contributed by atoms with van der Waals surface area (Å²) in [6.45, 7) is 3.04. The molecule has 0 spiro atoms. The Balaban J connectivity index is 1.57. The second-order valence-corrected chi connectivity index (χ2v) is 14.0. The van der Waals surface area contributed by atoms with Gasteiger partial charge in [-0.2, -0.15) is 0 Å². The largest absolute Gasteiger partial charge is 0.487 e. The number of hydrogen-bond donors (Lipinski definition) is 1. The van der Waals surface area contributed by atoms with Gasteiger partial charge < -0.3 is 29.1 Å². The molecule has 46 heavy (non-hydrogen) atoms. The van der Waals surface area contributed by atoms with Gasteiger partial charge in [0.15, 0.2) is 5.60 Å². The van der Waals surface area contributed by atoms with E-state index in [1.165, 1.54) is 12.7 Å².